The molecule has 4 aromatic rings. The third-order valence-corrected chi connectivity index (χ3v) is 6.44. The van der Waals surface area contributed by atoms with E-state index in [9.17, 15) is 18.0 Å². The molecule has 0 aliphatic rings. The standard InChI is InChI=1S/C23H18ClN3O5S/c1-14-19-10-2-3-11-20(19)32-21(14)23(29)26-25-22(28)15-6-4-9-18(12-15)33(30,31)27-17-8-5-7-16(24)13-17/h2-13,27H,1H3,(H,25,28)(H,26,29). The molecule has 4 rings (SSSR count). The molecule has 2 amide bonds. The number of nitrogens with one attached hydrogen (secondary N) is 3. The molecule has 0 spiro atoms. The van der Waals surface area contributed by atoms with Gasteiger partial charge in [0.15, 0.2) is 5.76 Å². The summed E-state index contributed by atoms with van der Waals surface area (Å²) in [6.07, 6.45) is 0. The summed E-state index contributed by atoms with van der Waals surface area (Å²) in [5.41, 5.74) is 6.07. The molecular weight excluding hydrogens is 466 g/mol. The Kier molecular flexibility index (Phi) is 6.08. The van der Waals surface area contributed by atoms with Gasteiger partial charge in [0, 0.05) is 21.5 Å². The molecule has 0 fully saturated rings. The molecule has 3 aromatic carbocycles. The van der Waals surface area contributed by atoms with Gasteiger partial charge in [-0.25, -0.2) is 8.42 Å². The van der Waals surface area contributed by atoms with Gasteiger partial charge in [-0.2, -0.15) is 0 Å². The van der Waals surface area contributed by atoms with E-state index in [4.69, 9.17) is 16.0 Å². The summed E-state index contributed by atoms with van der Waals surface area (Å²) in [5, 5.41) is 1.16. The molecule has 8 nitrogen and oxygen atoms in total. The molecule has 0 bridgehead atoms. The topological polar surface area (TPSA) is 118 Å². The SMILES string of the molecule is Cc1c(C(=O)NNC(=O)c2cccc(S(=O)(=O)Nc3cccc(Cl)c3)c2)oc2ccccc12. The lowest BCUT2D eigenvalue weighted by molar-refractivity contribution is 0.0831. The number of hydrogen-bond donors (Lipinski definition) is 3. The zero-order valence-corrected chi connectivity index (χ0v) is 18.8. The van der Waals surface area contributed by atoms with Gasteiger partial charge in [-0.15, -0.1) is 0 Å². The minimum Gasteiger partial charge on any atom is -0.451 e. The maximum absolute atomic E-state index is 12.7. The van der Waals surface area contributed by atoms with E-state index >= 15 is 0 Å². The van der Waals surface area contributed by atoms with Crippen LogP contribution in [0, 0.1) is 6.92 Å². The van der Waals surface area contributed by atoms with Crippen LogP contribution < -0.4 is 15.6 Å². The summed E-state index contributed by atoms with van der Waals surface area (Å²) >= 11 is 5.89. The van der Waals surface area contributed by atoms with Gasteiger partial charge in [-0.3, -0.25) is 25.2 Å². The average molecular weight is 484 g/mol. The molecule has 168 valence electrons. The fourth-order valence-corrected chi connectivity index (χ4v) is 4.49. The first kappa shape index (κ1) is 22.4. The minimum atomic E-state index is -3.97. The van der Waals surface area contributed by atoms with Crippen LogP contribution in [0.4, 0.5) is 5.69 Å². The van der Waals surface area contributed by atoms with Crippen molar-refractivity contribution in [1.82, 2.24) is 10.9 Å². The van der Waals surface area contributed by atoms with Crippen molar-refractivity contribution in [3.63, 3.8) is 0 Å². The molecule has 0 saturated heterocycles. The van der Waals surface area contributed by atoms with E-state index in [1.54, 1.807) is 37.3 Å². The van der Waals surface area contributed by atoms with Crippen LogP contribution in [-0.4, -0.2) is 20.2 Å². The van der Waals surface area contributed by atoms with Gasteiger partial charge in [-0.1, -0.05) is 41.9 Å². The Labute approximate surface area is 194 Å². The number of furan rings is 1. The summed E-state index contributed by atoms with van der Waals surface area (Å²) in [7, 11) is -3.97. The number of sulfonamides is 1. The van der Waals surface area contributed by atoms with Crippen LogP contribution in [0.25, 0.3) is 11.0 Å². The number of rotatable bonds is 5. The zero-order chi connectivity index (χ0) is 23.6. The Morgan fingerprint density at radius 1 is 0.879 bits per heavy atom. The lowest BCUT2D eigenvalue weighted by Gasteiger charge is -2.10. The largest absolute Gasteiger partial charge is 0.451 e. The fourth-order valence-electron chi connectivity index (χ4n) is 3.20. The minimum absolute atomic E-state index is 0.0330. The fraction of sp³-hybridized carbons (Fsp3) is 0.0435. The summed E-state index contributed by atoms with van der Waals surface area (Å²) in [6.45, 7) is 1.74. The third kappa shape index (κ3) is 4.84. The van der Waals surface area contributed by atoms with Crippen molar-refractivity contribution in [1.29, 1.82) is 0 Å². The number of amides is 2. The van der Waals surface area contributed by atoms with Crippen molar-refractivity contribution in [2.24, 2.45) is 0 Å². The number of benzene rings is 3. The van der Waals surface area contributed by atoms with E-state index in [-0.39, 0.29) is 21.9 Å². The number of hydrazine groups is 1. The van der Waals surface area contributed by atoms with Gasteiger partial charge in [0.25, 0.3) is 15.9 Å². The quantitative estimate of drug-likeness (QED) is 0.366. The molecule has 0 atom stereocenters. The maximum atomic E-state index is 12.7. The molecular formula is C23H18ClN3O5S. The highest BCUT2D eigenvalue weighted by atomic mass is 35.5. The first-order valence-corrected chi connectivity index (χ1v) is 11.6. The number of hydrogen-bond acceptors (Lipinski definition) is 5. The lowest BCUT2D eigenvalue weighted by Crippen LogP contribution is -2.41. The first-order valence-electron chi connectivity index (χ1n) is 9.72. The molecule has 0 saturated carbocycles. The Morgan fingerprint density at radius 2 is 1.61 bits per heavy atom. The van der Waals surface area contributed by atoms with Crippen LogP contribution >= 0.6 is 11.6 Å². The molecule has 3 N–H and O–H groups in total. The van der Waals surface area contributed by atoms with Crippen molar-refractivity contribution in [2.75, 3.05) is 4.72 Å². The molecule has 1 heterocycles. The van der Waals surface area contributed by atoms with Crippen LogP contribution in [0.1, 0.15) is 26.5 Å². The Hall–Kier alpha value is -3.82. The molecule has 0 aliphatic heterocycles. The summed E-state index contributed by atoms with van der Waals surface area (Å²) in [5.74, 6) is -1.26. The van der Waals surface area contributed by atoms with Crippen LogP contribution in [0.3, 0.4) is 0 Å². The second kappa shape index (κ2) is 8.97. The number of para-hydroxylation sites is 1. The molecule has 0 aliphatic carbocycles. The molecule has 0 unspecified atom stereocenters. The number of carbonyl (C=O) groups is 2. The maximum Gasteiger partial charge on any atom is 0.305 e. The van der Waals surface area contributed by atoms with Gasteiger partial charge < -0.3 is 4.42 Å². The van der Waals surface area contributed by atoms with Crippen LogP contribution in [0.5, 0.6) is 0 Å². The molecule has 0 radical (unpaired) electrons. The highest BCUT2D eigenvalue weighted by Gasteiger charge is 2.20. The number of halogens is 1. The first-order chi connectivity index (χ1) is 15.7. The van der Waals surface area contributed by atoms with E-state index in [1.807, 2.05) is 12.1 Å². The molecule has 10 heteroatoms. The Morgan fingerprint density at radius 3 is 2.36 bits per heavy atom. The van der Waals surface area contributed by atoms with Crippen molar-refractivity contribution < 1.29 is 22.4 Å². The van der Waals surface area contributed by atoms with E-state index in [1.165, 1.54) is 30.3 Å². The van der Waals surface area contributed by atoms with Crippen molar-refractivity contribution in [3.05, 3.63) is 94.7 Å². The van der Waals surface area contributed by atoms with Crippen molar-refractivity contribution >= 4 is 50.1 Å². The average Bonchev–Trinajstić information content (AvgIpc) is 3.14. The Bertz CT molecular complexity index is 1480. The number of aryl methyl sites for hydroxylation is 1. The summed E-state index contributed by atoms with van der Waals surface area (Å²) in [4.78, 5) is 24.9. The zero-order valence-electron chi connectivity index (χ0n) is 17.3. The number of fused-ring (bicyclic) bond motifs is 1. The highest BCUT2D eigenvalue weighted by molar-refractivity contribution is 7.92. The summed E-state index contributed by atoms with van der Waals surface area (Å²) in [6, 6.07) is 18.8. The smallest absolute Gasteiger partial charge is 0.305 e. The second-order valence-electron chi connectivity index (χ2n) is 7.10. The van der Waals surface area contributed by atoms with E-state index in [2.05, 4.69) is 15.6 Å². The van der Waals surface area contributed by atoms with Crippen molar-refractivity contribution in [2.45, 2.75) is 11.8 Å². The second-order valence-corrected chi connectivity index (χ2v) is 9.22. The molecule has 33 heavy (non-hydrogen) atoms. The third-order valence-electron chi connectivity index (χ3n) is 4.82. The van der Waals surface area contributed by atoms with Crippen molar-refractivity contribution in [3.8, 4) is 0 Å². The highest BCUT2D eigenvalue weighted by Crippen LogP contribution is 2.24. The van der Waals surface area contributed by atoms with Gasteiger partial charge >= 0.3 is 5.91 Å². The number of carbonyl (C=O) groups excluding carboxylic acids is 2. The summed E-state index contributed by atoms with van der Waals surface area (Å²) < 4.78 is 33.4. The van der Waals surface area contributed by atoms with Gasteiger partial charge in [0.05, 0.1) is 10.6 Å². The lowest BCUT2D eigenvalue weighted by atomic mass is 10.1. The van der Waals surface area contributed by atoms with Gasteiger partial charge in [0.1, 0.15) is 5.58 Å². The van der Waals surface area contributed by atoms with Gasteiger partial charge in [-0.05, 0) is 49.4 Å². The number of anilines is 1. The van der Waals surface area contributed by atoms with Crippen LogP contribution in [0.15, 0.2) is 82.1 Å². The predicted molar refractivity (Wildman–Crippen MR) is 125 cm³/mol. The molecule has 1 aromatic heterocycles. The van der Waals surface area contributed by atoms with E-state index in [0.29, 0.717) is 16.2 Å². The normalized spacial score (nSPS) is 11.2. The van der Waals surface area contributed by atoms with Gasteiger partial charge in [0.2, 0.25) is 0 Å². The van der Waals surface area contributed by atoms with E-state index in [0.717, 1.165) is 5.39 Å². The van der Waals surface area contributed by atoms with Crippen LogP contribution in [0.2, 0.25) is 5.02 Å². The Balaban J connectivity index is 1.47. The predicted octanol–water partition coefficient (Wildman–Crippen LogP) is 4.27. The van der Waals surface area contributed by atoms with E-state index < -0.39 is 21.8 Å². The monoisotopic (exact) mass is 483 g/mol. The van der Waals surface area contributed by atoms with Crippen LogP contribution in [-0.2, 0) is 10.0 Å².